The molecule has 0 aromatic rings. The van der Waals surface area contributed by atoms with Crippen molar-refractivity contribution < 1.29 is 8.74 Å². The number of hydrogen-bond acceptors (Lipinski definition) is 2. The predicted octanol–water partition coefficient (Wildman–Crippen LogP) is 0.401. The molecule has 0 aliphatic carbocycles. The highest BCUT2D eigenvalue weighted by Crippen LogP contribution is 1.66. The molecule has 0 spiro atoms. The first-order chi connectivity index (χ1) is 2.27. The molecule has 2 N–H and O–H groups in total. The van der Waals surface area contributed by atoms with Crippen molar-refractivity contribution in [3.8, 4) is 0 Å². The Hall–Kier alpha value is 0.0700. The summed E-state index contributed by atoms with van der Waals surface area (Å²) >= 11 is -1.57. The van der Waals surface area contributed by atoms with Gasteiger partial charge in [-0.15, -0.1) is 0 Å². The highest BCUT2D eigenvalue weighted by atomic mass is 32.2. The lowest BCUT2D eigenvalue weighted by atomic mass is 11.8. The van der Waals surface area contributed by atoms with Crippen LogP contribution >= 0.6 is 0 Å². The first-order valence-electron chi connectivity index (χ1n) is 0.962. The van der Waals surface area contributed by atoms with Gasteiger partial charge < -0.3 is 4.55 Å². The lowest BCUT2D eigenvalue weighted by molar-refractivity contribution is 0.416. The van der Waals surface area contributed by atoms with E-state index in [0.29, 0.717) is 0 Å². The fraction of sp³-hybridized carbons (Fsp3) is 1.00. The normalized spacial score (nSPS) is 14.8. The number of hydrogen-bond donors (Lipinski definition) is 2. The third kappa shape index (κ3) is 4.07. The van der Waals surface area contributed by atoms with Gasteiger partial charge in [0.25, 0.3) is 0 Å². The fourth-order valence-corrected chi connectivity index (χ4v) is 0. The van der Waals surface area contributed by atoms with E-state index in [9.17, 15) is 0 Å². The lowest BCUT2D eigenvalue weighted by Crippen LogP contribution is -1.81. The van der Waals surface area contributed by atoms with Gasteiger partial charge in [-0.1, -0.05) is 0 Å². The van der Waals surface area contributed by atoms with Gasteiger partial charge in [0, 0.05) is 0 Å². The summed E-state index contributed by atoms with van der Waals surface area (Å²) in [5.74, 6) is 0. The van der Waals surface area contributed by atoms with E-state index in [1.807, 2.05) is 0 Å². The van der Waals surface area contributed by atoms with Crippen LogP contribution in [0.4, 0.5) is 0 Å². The summed E-state index contributed by atoms with van der Waals surface area (Å²) in [4.78, 5) is 0. The van der Waals surface area contributed by atoms with Crippen molar-refractivity contribution in [2.45, 2.75) is 0 Å². The Morgan fingerprint density at radius 3 is 2.20 bits per heavy atom. The van der Waals surface area contributed by atoms with E-state index in [-0.39, 0.29) is 0 Å². The SMILES string of the molecule is COS(=N)O. The van der Waals surface area contributed by atoms with Crippen LogP contribution in [-0.4, -0.2) is 11.7 Å². The Kier molecular flexibility index (Phi) is 2.35. The summed E-state index contributed by atoms with van der Waals surface area (Å²) in [7, 11) is 1.27. The van der Waals surface area contributed by atoms with Crippen molar-refractivity contribution in [3.63, 3.8) is 0 Å². The Bertz CT molecular complexity index is 44.9. The largest absolute Gasteiger partial charge is 0.300 e. The van der Waals surface area contributed by atoms with Crippen LogP contribution in [0.2, 0.25) is 0 Å². The van der Waals surface area contributed by atoms with Gasteiger partial charge in [0.2, 0.25) is 0 Å². The first-order valence-corrected chi connectivity index (χ1v) is 2.07. The van der Waals surface area contributed by atoms with Crippen LogP contribution < -0.4 is 0 Å². The molecular formula is CH5NO2S. The van der Waals surface area contributed by atoms with E-state index in [1.165, 1.54) is 7.11 Å². The van der Waals surface area contributed by atoms with E-state index in [2.05, 4.69) is 4.18 Å². The molecule has 0 rings (SSSR count). The van der Waals surface area contributed by atoms with Gasteiger partial charge in [-0.2, -0.15) is 0 Å². The van der Waals surface area contributed by atoms with Crippen molar-refractivity contribution in [3.05, 3.63) is 0 Å². The van der Waals surface area contributed by atoms with Crippen molar-refractivity contribution in [1.82, 2.24) is 0 Å². The molecule has 4 heteroatoms. The van der Waals surface area contributed by atoms with Crippen LogP contribution in [0.1, 0.15) is 0 Å². The van der Waals surface area contributed by atoms with Crippen LogP contribution in [0, 0.1) is 4.78 Å². The first kappa shape index (κ1) is 5.07. The van der Waals surface area contributed by atoms with Gasteiger partial charge in [0.05, 0.1) is 7.11 Å². The van der Waals surface area contributed by atoms with Crippen LogP contribution in [0.15, 0.2) is 0 Å². The van der Waals surface area contributed by atoms with Gasteiger partial charge >= 0.3 is 0 Å². The number of rotatable bonds is 1. The smallest absolute Gasteiger partial charge is 0.170 e. The maximum atomic E-state index is 7.83. The Labute approximate surface area is 32.9 Å². The molecule has 0 aromatic carbocycles. The topological polar surface area (TPSA) is 53.3 Å². The monoisotopic (exact) mass is 95.0 g/mol. The van der Waals surface area contributed by atoms with Gasteiger partial charge in [-0.3, -0.25) is 4.18 Å². The zero-order valence-corrected chi connectivity index (χ0v) is 3.58. The lowest BCUT2D eigenvalue weighted by Gasteiger charge is -1.81. The molecule has 32 valence electrons. The zero-order valence-electron chi connectivity index (χ0n) is 2.76. The minimum atomic E-state index is -1.57. The standard InChI is InChI=1S/CH5NO2S/c1-4-5(2)3/h1H3,(H2,2,3). The summed E-state index contributed by atoms with van der Waals surface area (Å²) < 4.78 is 18.0. The van der Waals surface area contributed by atoms with E-state index >= 15 is 0 Å². The molecule has 0 aromatic heterocycles. The molecule has 0 saturated heterocycles. The molecule has 1 unspecified atom stereocenters. The van der Waals surface area contributed by atoms with E-state index in [4.69, 9.17) is 9.33 Å². The number of nitrogens with one attached hydrogen (secondary N) is 1. The maximum Gasteiger partial charge on any atom is 0.170 e. The van der Waals surface area contributed by atoms with Crippen LogP contribution in [-0.2, 0) is 15.4 Å². The van der Waals surface area contributed by atoms with Crippen LogP contribution in [0.5, 0.6) is 0 Å². The maximum absolute atomic E-state index is 7.83. The van der Waals surface area contributed by atoms with Crippen molar-refractivity contribution in [1.29, 1.82) is 4.78 Å². The summed E-state index contributed by atoms with van der Waals surface area (Å²) in [5.41, 5.74) is 0. The molecule has 0 aliphatic rings. The summed E-state index contributed by atoms with van der Waals surface area (Å²) in [5, 5.41) is 0. The fourth-order valence-electron chi connectivity index (χ4n) is 0. The third-order valence-electron chi connectivity index (χ3n) is 0.158. The zero-order chi connectivity index (χ0) is 4.28. The molecule has 0 saturated carbocycles. The molecule has 0 heterocycles. The van der Waals surface area contributed by atoms with Crippen molar-refractivity contribution in [2.75, 3.05) is 7.11 Å². The highest BCUT2D eigenvalue weighted by molar-refractivity contribution is 7.75. The second-order valence-corrected chi connectivity index (χ2v) is 1.25. The van der Waals surface area contributed by atoms with Crippen LogP contribution in [0.25, 0.3) is 0 Å². The summed E-state index contributed by atoms with van der Waals surface area (Å²) in [6, 6.07) is 0. The predicted molar refractivity (Wildman–Crippen MR) is 19.7 cm³/mol. The minimum absolute atomic E-state index is 1.27. The quantitative estimate of drug-likeness (QED) is 0.495. The third-order valence-corrected chi connectivity index (χ3v) is 0.474. The molecule has 5 heavy (non-hydrogen) atoms. The molecule has 3 nitrogen and oxygen atoms in total. The van der Waals surface area contributed by atoms with Gasteiger partial charge in [0.1, 0.15) is 0 Å². The molecule has 0 amide bonds. The van der Waals surface area contributed by atoms with Crippen LogP contribution in [0.3, 0.4) is 0 Å². The second kappa shape index (κ2) is 2.32. The Balaban J connectivity index is 2.85. The van der Waals surface area contributed by atoms with Gasteiger partial charge in [-0.05, 0) is 0 Å². The molecule has 0 aliphatic heterocycles. The average molecular weight is 95.1 g/mol. The highest BCUT2D eigenvalue weighted by Gasteiger charge is 1.68. The average Bonchev–Trinajstić information content (AvgIpc) is 1.38. The van der Waals surface area contributed by atoms with Crippen molar-refractivity contribution in [2.24, 2.45) is 0 Å². The summed E-state index contributed by atoms with van der Waals surface area (Å²) in [6.07, 6.45) is 0. The molecule has 0 radical (unpaired) electrons. The summed E-state index contributed by atoms with van der Waals surface area (Å²) in [6.45, 7) is 0. The Morgan fingerprint density at radius 2 is 2.20 bits per heavy atom. The van der Waals surface area contributed by atoms with E-state index in [1.54, 1.807) is 0 Å². The molecule has 0 fully saturated rings. The van der Waals surface area contributed by atoms with Crippen molar-refractivity contribution >= 4 is 11.3 Å². The molecular weight excluding hydrogens is 90.1 g/mol. The van der Waals surface area contributed by atoms with Gasteiger partial charge in [-0.25, -0.2) is 4.78 Å². The minimum Gasteiger partial charge on any atom is -0.300 e. The molecule has 0 bridgehead atoms. The van der Waals surface area contributed by atoms with E-state index < -0.39 is 11.3 Å². The molecule has 1 atom stereocenters. The van der Waals surface area contributed by atoms with E-state index in [0.717, 1.165) is 0 Å². The van der Waals surface area contributed by atoms with Gasteiger partial charge in [0.15, 0.2) is 11.3 Å². The Morgan fingerprint density at radius 1 is 2.00 bits per heavy atom. The second-order valence-electron chi connectivity index (χ2n) is 0.416.